The van der Waals surface area contributed by atoms with Gasteiger partial charge in [0, 0.05) is 12.2 Å². The number of benzene rings is 2. The lowest BCUT2D eigenvalue weighted by atomic mass is 10.1. The van der Waals surface area contributed by atoms with Gasteiger partial charge in [0.15, 0.2) is 6.10 Å². The Hall–Kier alpha value is -3.28. The number of rotatable bonds is 7. The van der Waals surface area contributed by atoms with Crippen molar-refractivity contribution in [2.75, 3.05) is 6.61 Å². The summed E-state index contributed by atoms with van der Waals surface area (Å²) in [5.41, 5.74) is 0.549. The first-order chi connectivity index (χ1) is 14.3. The van der Waals surface area contributed by atoms with Crippen molar-refractivity contribution < 1.29 is 55.2 Å². The number of aliphatic carboxylic acids is 1. The largest absolute Gasteiger partial charge is 0.573 e. The summed E-state index contributed by atoms with van der Waals surface area (Å²) in [6.45, 7) is 1.80. The maximum atomic E-state index is 11.9. The molecule has 2 aromatic rings. The molecule has 0 amide bonds. The van der Waals surface area contributed by atoms with E-state index in [-0.39, 0.29) is 17.9 Å². The third-order valence-electron chi connectivity index (χ3n) is 3.22. The van der Waals surface area contributed by atoms with Crippen LogP contribution in [0, 0.1) is 0 Å². The van der Waals surface area contributed by atoms with Crippen LogP contribution >= 0.6 is 0 Å². The summed E-state index contributed by atoms with van der Waals surface area (Å²) in [5.74, 6) is -1.95. The van der Waals surface area contributed by atoms with Crippen LogP contribution in [0.2, 0.25) is 0 Å². The summed E-state index contributed by atoms with van der Waals surface area (Å²) in [6, 6.07) is 9.16. The van der Waals surface area contributed by atoms with Gasteiger partial charge < -0.3 is 19.3 Å². The van der Waals surface area contributed by atoms with Crippen LogP contribution in [-0.2, 0) is 9.53 Å². The van der Waals surface area contributed by atoms with E-state index in [4.69, 9.17) is 9.84 Å². The average Bonchev–Trinajstić information content (AvgIpc) is 2.65. The Morgan fingerprint density at radius 2 is 1.32 bits per heavy atom. The third kappa shape index (κ3) is 10.3. The molecule has 1 atom stereocenters. The minimum Gasteiger partial charge on any atom is -0.479 e. The van der Waals surface area contributed by atoms with E-state index in [0.29, 0.717) is 11.8 Å². The van der Waals surface area contributed by atoms with Crippen LogP contribution in [0.15, 0.2) is 48.5 Å². The Morgan fingerprint density at radius 3 is 1.65 bits per heavy atom. The molecule has 0 aliphatic carbocycles. The molecule has 31 heavy (non-hydrogen) atoms. The number of carboxylic acids is 1. The van der Waals surface area contributed by atoms with Gasteiger partial charge in [-0.1, -0.05) is 12.1 Å². The van der Waals surface area contributed by atoms with Crippen LogP contribution in [0.4, 0.5) is 26.3 Å². The van der Waals surface area contributed by atoms with Crippen molar-refractivity contribution in [2.45, 2.75) is 25.8 Å². The first kappa shape index (κ1) is 25.8. The lowest BCUT2D eigenvalue weighted by molar-refractivity contribution is -0.275. The van der Waals surface area contributed by atoms with Gasteiger partial charge in [-0.3, -0.25) is 4.79 Å². The summed E-state index contributed by atoms with van der Waals surface area (Å²) in [6.07, 6.45) is -10.1. The Balaban J connectivity index is 0.000000327. The predicted octanol–water partition coefficient (Wildman–Crippen LogP) is 5.15. The van der Waals surface area contributed by atoms with Crippen LogP contribution in [0.3, 0.4) is 0 Å². The van der Waals surface area contributed by atoms with Crippen LogP contribution in [0.1, 0.15) is 28.9 Å². The highest BCUT2D eigenvalue weighted by Gasteiger charge is 2.31. The molecule has 170 valence electrons. The van der Waals surface area contributed by atoms with Crippen LogP contribution in [-0.4, -0.2) is 36.7 Å². The molecule has 0 aliphatic heterocycles. The van der Waals surface area contributed by atoms with Crippen LogP contribution in [0.5, 0.6) is 11.5 Å². The van der Waals surface area contributed by atoms with Gasteiger partial charge in [-0.2, -0.15) is 0 Å². The molecular weight excluding hydrogens is 438 g/mol. The molecular formula is C19H16F6O6. The van der Waals surface area contributed by atoms with Gasteiger partial charge in [0.1, 0.15) is 17.8 Å². The van der Waals surface area contributed by atoms with Crippen LogP contribution in [0.25, 0.3) is 0 Å². The predicted molar refractivity (Wildman–Crippen MR) is 93.6 cm³/mol. The maximum Gasteiger partial charge on any atom is 0.573 e. The molecule has 0 heterocycles. The SMILES string of the molecule is CCOC(C(=O)O)c1ccc(OC(F)(F)F)cc1.O=Cc1ccc(OC(F)(F)F)cc1. The van der Waals surface area contributed by atoms with E-state index in [2.05, 4.69) is 9.47 Å². The number of carbonyl (C=O) groups excluding carboxylic acids is 1. The molecule has 0 saturated carbocycles. The number of ether oxygens (including phenoxy) is 3. The van der Waals surface area contributed by atoms with Gasteiger partial charge in [-0.15, -0.1) is 26.3 Å². The lowest BCUT2D eigenvalue weighted by Gasteiger charge is -2.14. The number of carboxylic acid groups (broad SMARTS) is 1. The number of halogens is 6. The molecule has 2 aromatic carbocycles. The second-order valence-electron chi connectivity index (χ2n) is 5.53. The molecule has 0 saturated heterocycles. The third-order valence-corrected chi connectivity index (χ3v) is 3.22. The highest BCUT2D eigenvalue weighted by Crippen LogP contribution is 2.26. The van der Waals surface area contributed by atoms with Gasteiger partial charge in [0.25, 0.3) is 0 Å². The Labute approximate surface area is 172 Å². The first-order valence-corrected chi connectivity index (χ1v) is 8.35. The molecule has 0 radical (unpaired) electrons. The van der Waals surface area contributed by atoms with Crippen molar-refractivity contribution in [3.05, 3.63) is 59.7 Å². The molecule has 6 nitrogen and oxygen atoms in total. The van der Waals surface area contributed by atoms with Crippen molar-refractivity contribution in [3.8, 4) is 11.5 Å². The quantitative estimate of drug-likeness (QED) is 0.461. The Morgan fingerprint density at radius 1 is 0.903 bits per heavy atom. The number of alkyl halides is 6. The fraction of sp³-hybridized carbons (Fsp3) is 0.263. The van der Waals surface area contributed by atoms with Crippen molar-refractivity contribution in [1.29, 1.82) is 0 Å². The van der Waals surface area contributed by atoms with E-state index in [9.17, 15) is 35.9 Å². The minimum atomic E-state index is -4.77. The van der Waals surface area contributed by atoms with E-state index in [0.717, 1.165) is 24.3 Å². The summed E-state index contributed by atoms with van der Waals surface area (Å²) in [7, 11) is 0. The van der Waals surface area contributed by atoms with Crippen molar-refractivity contribution in [2.24, 2.45) is 0 Å². The van der Waals surface area contributed by atoms with Crippen molar-refractivity contribution >= 4 is 12.3 Å². The summed E-state index contributed by atoms with van der Waals surface area (Å²) in [4.78, 5) is 21.0. The molecule has 1 unspecified atom stereocenters. The summed E-state index contributed by atoms with van der Waals surface area (Å²) in [5, 5.41) is 8.88. The summed E-state index contributed by atoms with van der Waals surface area (Å²) < 4.78 is 82.8. The molecule has 0 spiro atoms. The highest BCUT2D eigenvalue weighted by atomic mass is 19.4. The fourth-order valence-electron chi connectivity index (χ4n) is 2.07. The van der Waals surface area contributed by atoms with Crippen molar-refractivity contribution in [1.82, 2.24) is 0 Å². The molecule has 0 aliphatic rings. The molecule has 0 bridgehead atoms. The molecule has 0 fully saturated rings. The van der Waals surface area contributed by atoms with E-state index in [1.54, 1.807) is 6.92 Å². The maximum absolute atomic E-state index is 11.9. The topological polar surface area (TPSA) is 82.1 Å². The second kappa shape index (κ2) is 11.2. The van der Waals surface area contributed by atoms with E-state index in [1.807, 2.05) is 0 Å². The monoisotopic (exact) mass is 454 g/mol. The molecule has 12 heteroatoms. The number of hydrogen-bond donors (Lipinski definition) is 1. The number of aldehydes is 1. The Kier molecular flexibility index (Phi) is 9.31. The van der Waals surface area contributed by atoms with E-state index >= 15 is 0 Å². The van der Waals surface area contributed by atoms with Gasteiger partial charge in [-0.05, 0) is 48.9 Å². The Bertz CT molecular complexity index is 831. The molecule has 2 rings (SSSR count). The molecule has 1 N–H and O–H groups in total. The second-order valence-corrected chi connectivity index (χ2v) is 5.53. The molecule has 0 aromatic heterocycles. The van der Waals surface area contributed by atoms with Gasteiger partial charge in [0.2, 0.25) is 0 Å². The van der Waals surface area contributed by atoms with Crippen LogP contribution < -0.4 is 9.47 Å². The first-order valence-electron chi connectivity index (χ1n) is 8.35. The standard InChI is InChI=1S/C11H11F3O4.C8H5F3O2/c1-2-17-9(10(15)16)7-3-5-8(6-4-7)18-11(12,13)14;9-8(10,11)13-7-3-1-6(5-12)2-4-7/h3-6,9H,2H2,1H3,(H,15,16);1-5H. The highest BCUT2D eigenvalue weighted by molar-refractivity contribution is 5.75. The average molecular weight is 454 g/mol. The fourth-order valence-corrected chi connectivity index (χ4v) is 2.07. The lowest BCUT2D eigenvalue weighted by Crippen LogP contribution is -2.18. The van der Waals surface area contributed by atoms with Gasteiger partial charge in [-0.25, -0.2) is 4.79 Å². The smallest absolute Gasteiger partial charge is 0.479 e. The minimum absolute atomic E-state index is 0.178. The van der Waals surface area contributed by atoms with Crippen molar-refractivity contribution in [3.63, 3.8) is 0 Å². The zero-order chi connectivity index (χ0) is 23.7. The van der Waals surface area contributed by atoms with Gasteiger partial charge in [0.05, 0.1) is 0 Å². The normalized spacial score (nSPS) is 12.2. The van der Waals surface area contributed by atoms with E-state index in [1.165, 1.54) is 24.3 Å². The zero-order valence-corrected chi connectivity index (χ0v) is 15.7. The number of hydrogen-bond acceptors (Lipinski definition) is 5. The number of carbonyl (C=O) groups is 2. The summed E-state index contributed by atoms with van der Waals surface area (Å²) >= 11 is 0. The van der Waals surface area contributed by atoms with Gasteiger partial charge >= 0.3 is 18.7 Å². The van der Waals surface area contributed by atoms with E-state index < -0.39 is 30.5 Å². The zero-order valence-electron chi connectivity index (χ0n) is 15.7.